The molecule has 0 heterocycles. The van der Waals surface area contributed by atoms with Crippen LogP contribution in [0.1, 0.15) is 13.8 Å². The molecule has 0 aliphatic rings. The van der Waals surface area contributed by atoms with E-state index >= 15 is 0 Å². The van der Waals surface area contributed by atoms with E-state index in [4.69, 9.17) is 4.74 Å². The monoisotopic (exact) mass is 252 g/mol. The number of hydrogen-bond acceptors (Lipinski definition) is 4. The van der Waals surface area contributed by atoms with Crippen LogP contribution in [-0.4, -0.2) is 44.5 Å². The van der Waals surface area contributed by atoms with E-state index < -0.39 is 0 Å². The van der Waals surface area contributed by atoms with Crippen molar-refractivity contribution >= 4 is 5.69 Å². The van der Waals surface area contributed by atoms with Crippen molar-refractivity contribution in [3.05, 3.63) is 24.3 Å². The van der Waals surface area contributed by atoms with Crippen molar-refractivity contribution in [3.63, 3.8) is 0 Å². The van der Waals surface area contributed by atoms with Gasteiger partial charge in [0, 0.05) is 37.4 Å². The number of likely N-dealkylation sites (N-methyl/N-ethyl adjacent to an activating group) is 1. The van der Waals surface area contributed by atoms with Crippen LogP contribution in [0.3, 0.4) is 0 Å². The Labute approximate surface area is 110 Å². The van der Waals surface area contributed by atoms with E-state index in [9.17, 15) is 5.11 Å². The van der Waals surface area contributed by atoms with Gasteiger partial charge in [-0.2, -0.15) is 0 Å². The van der Waals surface area contributed by atoms with Crippen molar-refractivity contribution in [2.45, 2.75) is 25.9 Å². The Morgan fingerprint density at radius 3 is 2.67 bits per heavy atom. The zero-order chi connectivity index (χ0) is 13.5. The van der Waals surface area contributed by atoms with E-state index in [0.29, 0.717) is 6.04 Å². The molecule has 0 amide bonds. The molecule has 0 saturated carbocycles. The van der Waals surface area contributed by atoms with Crippen molar-refractivity contribution in [2.75, 3.05) is 32.2 Å². The van der Waals surface area contributed by atoms with Crippen LogP contribution in [0.2, 0.25) is 0 Å². The number of ether oxygens (including phenoxy) is 1. The third-order valence-corrected chi connectivity index (χ3v) is 2.78. The molecule has 0 aromatic heterocycles. The number of methoxy groups -OCH3 is 1. The quantitative estimate of drug-likeness (QED) is 0.772. The van der Waals surface area contributed by atoms with E-state index in [1.807, 2.05) is 31.3 Å². The number of hydrogen-bond donors (Lipinski definition) is 2. The van der Waals surface area contributed by atoms with Gasteiger partial charge in [-0.25, -0.2) is 0 Å². The summed E-state index contributed by atoms with van der Waals surface area (Å²) < 4.78 is 5.21. The average Bonchev–Trinajstić information content (AvgIpc) is 2.37. The van der Waals surface area contributed by atoms with Gasteiger partial charge in [-0.3, -0.25) is 0 Å². The molecule has 102 valence electrons. The first kappa shape index (κ1) is 14.8. The van der Waals surface area contributed by atoms with Gasteiger partial charge >= 0.3 is 0 Å². The molecule has 0 saturated heterocycles. The van der Waals surface area contributed by atoms with E-state index in [2.05, 4.69) is 24.1 Å². The van der Waals surface area contributed by atoms with E-state index in [1.54, 1.807) is 7.11 Å². The summed E-state index contributed by atoms with van der Waals surface area (Å²) in [6.07, 6.45) is 0. The predicted octanol–water partition coefficient (Wildman–Crippen LogP) is 1.49. The first-order chi connectivity index (χ1) is 8.56. The summed E-state index contributed by atoms with van der Waals surface area (Å²) >= 11 is 0. The van der Waals surface area contributed by atoms with Crippen LogP contribution in [0.25, 0.3) is 0 Å². The Morgan fingerprint density at radius 2 is 2.11 bits per heavy atom. The maximum Gasteiger partial charge on any atom is 0.120 e. The van der Waals surface area contributed by atoms with Gasteiger partial charge in [0.1, 0.15) is 5.75 Å². The third kappa shape index (κ3) is 4.55. The van der Waals surface area contributed by atoms with Crippen LogP contribution in [0.15, 0.2) is 24.3 Å². The number of aliphatic hydroxyl groups excluding tert-OH is 1. The lowest BCUT2D eigenvalue weighted by atomic mass is 10.2. The highest BCUT2D eigenvalue weighted by Crippen LogP contribution is 2.19. The molecule has 1 atom stereocenters. The normalized spacial score (nSPS) is 12.6. The first-order valence-corrected chi connectivity index (χ1v) is 6.29. The van der Waals surface area contributed by atoms with Crippen molar-refractivity contribution in [2.24, 2.45) is 0 Å². The average molecular weight is 252 g/mol. The molecule has 4 heteroatoms. The Hall–Kier alpha value is -1.26. The summed E-state index contributed by atoms with van der Waals surface area (Å²) in [6.45, 7) is 5.04. The lowest BCUT2D eigenvalue weighted by molar-refractivity contribution is 0.237. The molecule has 1 rings (SSSR count). The Kier molecular flexibility index (Phi) is 5.95. The molecule has 0 spiro atoms. The van der Waals surface area contributed by atoms with E-state index in [0.717, 1.165) is 18.0 Å². The lowest BCUT2D eigenvalue weighted by Gasteiger charge is -2.27. The predicted molar refractivity (Wildman–Crippen MR) is 75.4 cm³/mol. The summed E-state index contributed by atoms with van der Waals surface area (Å²) in [7, 11) is 3.68. The van der Waals surface area contributed by atoms with Gasteiger partial charge in [0.05, 0.1) is 13.7 Å². The molecule has 18 heavy (non-hydrogen) atoms. The molecule has 0 bridgehead atoms. The highest BCUT2D eigenvalue weighted by Gasteiger charge is 2.12. The second-order valence-electron chi connectivity index (χ2n) is 4.78. The van der Waals surface area contributed by atoms with Gasteiger partial charge in [0.15, 0.2) is 0 Å². The smallest absolute Gasteiger partial charge is 0.120 e. The summed E-state index contributed by atoms with van der Waals surface area (Å²) in [4.78, 5) is 2.11. The van der Waals surface area contributed by atoms with Crippen molar-refractivity contribution in [1.82, 2.24) is 5.32 Å². The third-order valence-electron chi connectivity index (χ3n) is 2.78. The van der Waals surface area contributed by atoms with Crippen molar-refractivity contribution < 1.29 is 9.84 Å². The minimum atomic E-state index is 0.0706. The minimum absolute atomic E-state index is 0.0706. The number of nitrogens with one attached hydrogen (secondary N) is 1. The standard InChI is InChI=1S/C14H24N2O2/c1-11(2)15-12(10-17)9-16(3)13-6-5-7-14(8-13)18-4/h5-8,11-12,15,17H,9-10H2,1-4H3. The van der Waals surface area contributed by atoms with Gasteiger partial charge in [-0.1, -0.05) is 19.9 Å². The van der Waals surface area contributed by atoms with Crippen LogP contribution in [0.5, 0.6) is 5.75 Å². The molecule has 0 aliphatic carbocycles. The van der Waals surface area contributed by atoms with E-state index in [1.165, 1.54) is 0 Å². The zero-order valence-electron chi connectivity index (χ0n) is 11.7. The SMILES string of the molecule is COc1cccc(N(C)CC(CO)NC(C)C)c1. The van der Waals surface area contributed by atoms with Gasteiger partial charge in [0.2, 0.25) is 0 Å². The van der Waals surface area contributed by atoms with Gasteiger partial charge in [0.25, 0.3) is 0 Å². The van der Waals surface area contributed by atoms with Crippen molar-refractivity contribution in [3.8, 4) is 5.75 Å². The number of rotatable bonds is 7. The zero-order valence-corrected chi connectivity index (χ0v) is 11.7. The highest BCUT2D eigenvalue weighted by atomic mass is 16.5. The van der Waals surface area contributed by atoms with Crippen LogP contribution in [0, 0.1) is 0 Å². The van der Waals surface area contributed by atoms with Crippen molar-refractivity contribution in [1.29, 1.82) is 0 Å². The van der Waals surface area contributed by atoms with Gasteiger partial charge in [-0.15, -0.1) is 0 Å². The number of benzene rings is 1. The van der Waals surface area contributed by atoms with Gasteiger partial charge in [-0.05, 0) is 12.1 Å². The molecule has 0 fully saturated rings. The Balaban J connectivity index is 2.64. The number of nitrogens with zero attached hydrogens (tertiary/aromatic N) is 1. The van der Waals surface area contributed by atoms with Crippen LogP contribution in [0.4, 0.5) is 5.69 Å². The molecule has 1 aromatic carbocycles. The molecule has 4 nitrogen and oxygen atoms in total. The summed E-state index contributed by atoms with van der Waals surface area (Å²) in [5.41, 5.74) is 1.08. The minimum Gasteiger partial charge on any atom is -0.497 e. The van der Waals surface area contributed by atoms with Crippen LogP contribution >= 0.6 is 0 Å². The molecule has 0 radical (unpaired) electrons. The maximum absolute atomic E-state index is 9.36. The Bertz CT molecular complexity index is 355. The highest BCUT2D eigenvalue weighted by molar-refractivity contribution is 5.50. The van der Waals surface area contributed by atoms with E-state index in [-0.39, 0.29) is 12.6 Å². The lowest BCUT2D eigenvalue weighted by Crippen LogP contribution is -2.45. The summed E-state index contributed by atoms with van der Waals surface area (Å²) in [5.74, 6) is 0.844. The second kappa shape index (κ2) is 7.24. The number of anilines is 1. The summed E-state index contributed by atoms with van der Waals surface area (Å²) in [5, 5.41) is 12.7. The second-order valence-corrected chi connectivity index (χ2v) is 4.78. The van der Waals surface area contributed by atoms with Crippen LogP contribution < -0.4 is 15.0 Å². The molecule has 2 N–H and O–H groups in total. The largest absolute Gasteiger partial charge is 0.497 e. The molecular formula is C14H24N2O2. The first-order valence-electron chi connectivity index (χ1n) is 6.29. The molecule has 1 unspecified atom stereocenters. The molecular weight excluding hydrogens is 228 g/mol. The fourth-order valence-electron chi connectivity index (χ4n) is 1.92. The summed E-state index contributed by atoms with van der Waals surface area (Å²) in [6, 6.07) is 8.35. The molecule has 1 aromatic rings. The fraction of sp³-hybridized carbons (Fsp3) is 0.571. The number of aliphatic hydroxyl groups is 1. The van der Waals surface area contributed by atoms with Crippen LogP contribution in [-0.2, 0) is 0 Å². The topological polar surface area (TPSA) is 44.7 Å². The fourth-order valence-corrected chi connectivity index (χ4v) is 1.92. The maximum atomic E-state index is 9.36. The van der Waals surface area contributed by atoms with Gasteiger partial charge < -0.3 is 20.1 Å². The molecule has 0 aliphatic heterocycles. The Morgan fingerprint density at radius 1 is 1.39 bits per heavy atom.